The number of nitrogens with zero attached hydrogens (tertiary/aromatic N) is 1. The predicted octanol–water partition coefficient (Wildman–Crippen LogP) is 7.76. The minimum absolute atomic E-state index is 0.0194. The van der Waals surface area contributed by atoms with E-state index in [1.54, 1.807) is 18.3 Å². The molecule has 6 rings (SSSR count). The zero-order valence-corrected chi connectivity index (χ0v) is 26.1. The van der Waals surface area contributed by atoms with Crippen LogP contribution in [0, 0.1) is 44.8 Å². The fourth-order valence-corrected chi connectivity index (χ4v) is 11.8. The molecule has 1 heterocycles. The van der Waals surface area contributed by atoms with Crippen LogP contribution in [0.5, 0.6) is 0 Å². The number of allylic oxidation sites excluding steroid dienone is 2. The number of fused-ring (bicyclic) bond motifs is 8. The van der Waals surface area contributed by atoms with E-state index in [0.29, 0.717) is 23.6 Å². The summed E-state index contributed by atoms with van der Waals surface area (Å²) >= 11 is 0. The highest BCUT2D eigenvalue weighted by molar-refractivity contribution is 5.78. The first-order chi connectivity index (χ1) is 18.1. The first kappa shape index (κ1) is 27.4. The number of carbonyl (C=O) groups is 1. The molecule has 7 atom stereocenters. The van der Waals surface area contributed by atoms with E-state index in [1.165, 1.54) is 24.1 Å². The number of H-pyrrole nitrogens is 1. The molecule has 1 aromatic rings. The summed E-state index contributed by atoms with van der Waals surface area (Å²) in [7, 11) is 1.61. The smallest absolute Gasteiger partial charge is 0.312 e. The number of hydrogen-bond donors (Lipinski definition) is 2. The van der Waals surface area contributed by atoms with Crippen molar-refractivity contribution in [2.45, 2.75) is 125 Å². The quantitative estimate of drug-likeness (QED) is 0.299. The van der Waals surface area contributed by atoms with E-state index in [2.05, 4.69) is 65.6 Å². The van der Waals surface area contributed by atoms with Crippen LogP contribution in [0.4, 0.5) is 5.82 Å². The molecule has 5 heteroatoms. The second kappa shape index (κ2) is 8.16. The van der Waals surface area contributed by atoms with Crippen molar-refractivity contribution in [3.63, 3.8) is 0 Å². The molecule has 5 nitrogen and oxygen atoms in total. The molecule has 3 saturated carbocycles. The van der Waals surface area contributed by atoms with Crippen LogP contribution < -0.4 is 5.73 Å². The van der Waals surface area contributed by atoms with Gasteiger partial charge in [0.2, 0.25) is 0 Å². The number of esters is 1. The molecule has 216 valence electrons. The zero-order chi connectivity index (χ0) is 28.4. The van der Waals surface area contributed by atoms with Crippen LogP contribution in [0.15, 0.2) is 11.1 Å². The highest BCUT2D eigenvalue weighted by atomic mass is 16.5. The van der Waals surface area contributed by atoms with Gasteiger partial charge in [-0.3, -0.25) is 9.89 Å². The van der Waals surface area contributed by atoms with Crippen molar-refractivity contribution < 1.29 is 9.53 Å². The van der Waals surface area contributed by atoms with E-state index in [0.717, 1.165) is 51.4 Å². The van der Waals surface area contributed by atoms with Crippen LogP contribution in [0.25, 0.3) is 0 Å². The Labute approximate surface area is 236 Å². The standard InChI is InChI=1S/C34H53N3O2/c1-10-20-17-24-31(6)18-21-26(36-37-27(21)35)30(4,5)23(31)11-12-32(24,7)33(8)14-16-34(28(38)39-9)15-13-29(2,3)19-22(34)25(20)33/h22-24H,10-19H2,1-9H3,(H3,35,36,37)/t22-,23-,24?,31-,32+,33+,34-/m0/s1. The molecule has 5 aliphatic carbocycles. The van der Waals surface area contributed by atoms with Gasteiger partial charge in [-0.2, -0.15) is 5.10 Å². The van der Waals surface area contributed by atoms with Gasteiger partial charge >= 0.3 is 5.97 Å². The number of nitrogen functional groups attached to an aromatic ring is 1. The van der Waals surface area contributed by atoms with E-state index < -0.39 is 0 Å². The van der Waals surface area contributed by atoms with Gasteiger partial charge in [-0.15, -0.1) is 0 Å². The first-order valence-electron chi connectivity index (χ1n) is 15.8. The lowest BCUT2D eigenvalue weighted by molar-refractivity contribution is -0.180. The maximum absolute atomic E-state index is 13.6. The molecule has 3 fully saturated rings. The molecule has 0 aromatic carbocycles. The molecule has 0 aliphatic heterocycles. The number of aromatic amines is 1. The normalized spacial score (nSPS) is 43.9. The molecule has 0 amide bonds. The van der Waals surface area contributed by atoms with E-state index in [1.807, 2.05) is 0 Å². The van der Waals surface area contributed by atoms with Crippen LogP contribution in [0.2, 0.25) is 0 Å². The number of anilines is 1. The Bertz CT molecular complexity index is 1240. The lowest BCUT2D eigenvalue weighted by Gasteiger charge is -2.71. The molecular formula is C34H53N3O2. The Morgan fingerprint density at radius 1 is 1.03 bits per heavy atom. The van der Waals surface area contributed by atoms with Crippen LogP contribution in [0.3, 0.4) is 0 Å². The van der Waals surface area contributed by atoms with Gasteiger partial charge in [0.25, 0.3) is 0 Å². The average molecular weight is 536 g/mol. The second-order valence-corrected chi connectivity index (χ2v) is 16.4. The third-order valence-electron chi connectivity index (χ3n) is 14.1. The van der Waals surface area contributed by atoms with Crippen molar-refractivity contribution in [1.29, 1.82) is 0 Å². The minimum atomic E-state index is -0.350. The molecule has 1 unspecified atom stereocenters. The third kappa shape index (κ3) is 3.25. The van der Waals surface area contributed by atoms with Crippen LogP contribution in [-0.2, 0) is 21.4 Å². The molecule has 3 N–H and O–H groups in total. The van der Waals surface area contributed by atoms with Crippen molar-refractivity contribution in [2.75, 3.05) is 12.8 Å². The largest absolute Gasteiger partial charge is 0.469 e. The van der Waals surface area contributed by atoms with Gasteiger partial charge in [0.05, 0.1) is 12.5 Å². The highest BCUT2D eigenvalue weighted by Crippen LogP contribution is 2.76. The van der Waals surface area contributed by atoms with Crippen molar-refractivity contribution in [1.82, 2.24) is 10.2 Å². The zero-order valence-electron chi connectivity index (χ0n) is 26.1. The van der Waals surface area contributed by atoms with Crippen molar-refractivity contribution in [3.05, 3.63) is 22.4 Å². The van der Waals surface area contributed by atoms with Gasteiger partial charge in [0.1, 0.15) is 5.82 Å². The number of nitrogens with two attached hydrogens (primary N) is 1. The monoisotopic (exact) mass is 535 g/mol. The minimum Gasteiger partial charge on any atom is -0.469 e. The van der Waals surface area contributed by atoms with Crippen molar-refractivity contribution >= 4 is 11.8 Å². The number of rotatable bonds is 2. The molecule has 0 radical (unpaired) electrons. The van der Waals surface area contributed by atoms with E-state index in [4.69, 9.17) is 10.5 Å². The second-order valence-electron chi connectivity index (χ2n) is 16.4. The SMILES string of the molecule is CCC1=C2[C@@H]3CC(C)(C)CC[C@]3(C(=O)OC)CC[C@@]2(C)[C@]2(C)CC[C@H]3C(C)(C)c4[nH]nc(N)c4C[C@]3(C)C2C1. The molecule has 39 heavy (non-hydrogen) atoms. The van der Waals surface area contributed by atoms with Crippen molar-refractivity contribution in [3.8, 4) is 0 Å². The molecule has 5 aliphatic rings. The van der Waals surface area contributed by atoms with E-state index in [-0.39, 0.29) is 38.5 Å². The Morgan fingerprint density at radius 3 is 2.38 bits per heavy atom. The fraction of sp³-hybridized carbons (Fsp3) is 0.824. The van der Waals surface area contributed by atoms with Gasteiger partial charge in [-0.25, -0.2) is 0 Å². The van der Waals surface area contributed by atoms with Gasteiger partial charge in [0, 0.05) is 16.7 Å². The van der Waals surface area contributed by atoms with Gasteiger partial charge in [0.15, 0.2) is 0 Å². The predicted molar refractivity (Wildman–Crippen MR) is 157 cm³/mol. The summed E-state index contributed by atoms with van der Waals surface area (Å²) in [5, 5.41) is 7.86. The van der Waals surface area contributed by atoms with Crippen LogP contribution >= 0.6 is 0 Å². The maximum Gasteiger partial charge on any atom is 0.312 e. The summed E-state index contributed by atoms with van der Waals surface area (Å²) in [5.74, 6) is 2.21. The summed E-state index contributed by atoms with van der Waals surface area (Å²) in [4.78, 5) is 13.6. The lowest BCUT2D eigenvalue weighted by atomic mass is 9.33. The Balaban J connectivity index is 1.53. The average Bonchev–Trinajstić information content (AvgIpc) is 3.24. The highest BCUT2D eigenvalue weighted by Gasteiger charge is 2.70. The summed E-state index contributed by atoms with van der Waals surface area (Å²) in [6.07, 6.45) is 11.0. The molecule has 0 bridgehead atoms. The molecule has 1 aromatic heterocycles. The maximum atomic E-state index is 13.6. The fourth-order valence-electron chi connectivity index (χ4n) is 11.8. The van der Waals surface area contributed by atoms with E-state index in [9.17, 15) is 4.79 Å². The molecule has 0 spiro atoms. The van der Waals surface area contributed by atoms with E-state index >= 15 is 0 Å². The number of ether oxygens (including phenoxy) is 1. The van der Waals surface area contributed by atoms with Crippen LogP contribution in [0.1, 0.15) is 124 Å². The summed E-state index contributed by atoms with van der Waals surface area (Å²) in [6, 6.07) is 0. The summed E-state index contributed by atoms with van der Waals surface area (Å²) < 4.78 is 5.60. The van der Waals surface area contributed by atoms with Gasteiger partial charge in [-0.05, 0) is 104 Å². The van der Waals surface area contributed by atoms with Gasteiger partial charge in [-0.1, -0.05) is 66.5 Å². The lowest BCUT2D eigenvalue weighted by Crippen LogP contribution is -2.65. The van der Waals surface area contributed by atoms with Gasteiger partial charge < -0.3 is 10.5 Å². The number of methoxy groups -OCH3 is 1. The first-order valence-corrected chi connectivity index (χ1v) is 15.8. The summed E-state index contributed by atoms with van der Waals surface area (Å²) in [6.45, 7) is 19.9. The summed E-state index contributed by atoms with van der Waals surface area (Å²) in [5.41, 5.74) is 12.7. The third-order valence-corrected chi connectivity index (χ3v) is 14.1. The Kier molecular flexibility index (Phi) is 5.73. The molecular weight excluding hydrogens is 482 g/mol. The molecule has 0 saturated heterocycles. The number of aromatic nitrogens is 2. The Hall–Kier alpha value is -1.78. The topological polar surface area (TPSA) is 81.0 Å². The number of carbonyl (C=O) groups excluding carboxylic acids is 1. The Morgan fingerprint density at radius 2 is 1.72 bits per heavy atom. The van der Waals surface area contributed by atoms with Crippen molar-refractivity contribution in [2.24, 2.45) is 44.8 Å². The van der Waals surface area contributed by atoms with Crippen LogP contribution in [-0.4, -0.2) is 23.3 Å². The number of nitrogens with one attached hydrogen (secondary N) is 1. The number of hydrogen-bond acceptors (Lipinski definition) is 4.